The summed E-state index contributed by atoms with van der Waals surface area (Å²) in [5, 5.41) is 7.81. The minimum absolute atomic E-state index is 0.0245. The van der Waals surface area contributed by atoms with Crippen molar-refractivity contribution in [2.24, 2.45) is 0 Å². The van der Waals surface area contributed by atoms with Gasteiger partial charge in [-0.15, -0.1) is 11.3 Å². The Labute approximate surface area is 145 Å². The smallest absolute Gasteiger partial charge is 0.243 e. The Hall–Kier alpha value is -1.77. The zero-order valence-corrected chi connectivity index (χ0v) is 15.0. The third-order valence-electron chi connectivity index (χ3n) is 4.31. The van der Waals surface area contributed by atoms with Crippen molar-refractivity contribution in [1.29, 1.82) is 0 Å². The van der Waals surface area contributed by atoms with E-state index in [1.54, 1.807) is 6.20 Å². The zero-order valence-electron chi connectivity index (χ0n) is 14.2. The lowest BCUT2D eigenvalue weighted by atomic mass is 10.2. The standard InChI is InChI=1S/C16H23N5O2S/c1-11-13(3)24-16(18-11)19-15(22)12(2)20-7-8-23-14(9-20)10-21-6-4-5-17-21/h4-6,12,14H,7-10H2,1-3H3,(H,18,19,22)/t12-,14+/m1/s1. The second kappa shape index (κ2) is 7.42. The molecule has 1 aliphatic rings. The number of carbonyl (C=O) groups is 1. The highest BCUT2D eigenvalue weighted by molar-refractivity contribution is 7.15. The molecule has 0 saturated carbocycles. The molecule has 0 aliphatic carbocycles. The van der Waals surface area contributed by atoms with E-state index in [4.69, 9.17) is 4.74 Å². The van der Waals surface area contributed by atoms with Gasteiger partial charge >= 0.3 is 0 Å². The molecular formula is C16H23N5O2S. The van der Waals surface area contributed by atoms with E-state index in [1.807, 2.05) is 37.7 Å². The molecule has 24 heavy (non-hydrogen) atoms. The van der Waals surface area contributed by atoms with Gasteiger partial charge in [-0.3, -0.25) is 14.4 Å². The van der Waals surface area contributed by atoms with Gasteiger partial charge in [0.15, 0.2) is 5.13 Å². The van der Waals surface area contributed by atoms with E-state index in [1.165, 1.54) is 11.3 Å². The maximum atomic E-state index is 12.5. The van der Waals surface area contributed by atoms with E-state index < -0.39 is 0 Å². The van der Waals surface area contributed by atoms with Crippen LogP contribution < -0.4 is 5.32 Å². The molecule has 0 bridgehead atoms. The number of ether oxygens (including phenoxy) is 1. The van der Waals surface area contributed by atoms with Crippen molar-refractivity contribution in [2.75, 3.05) is 25.0 Å². The van der Waals surface area contributed by atoms with Crippen molar-refractivity contribution in [3.63, 3.8) is 0 Å². The first-order chi connectivity index (χ1) is 11.5. The van der Waals surface area contributed by atoms with Gasteiger partial charge in [0.2, 0.25) is 5.91 Å². The third-order valence-corrected chi connectivity index (χ3v) is 5.29. The Balaban J connectivity index is 1.56. The van der Waals surface area contributed by atoms with Crippen molar-refractivity contribution in [3.8, 4) is 0 Å². The third kappa shape index (κ3) is 4.00. The number of thiazole rings is 1. The molecule has 0 spiro atoms. The minimum Gasteiger partial charge on any atom is -0.374 e. The second-order valence-electron chi connectivity index (χ2n) is 6.04. The fraction of sp³-hybridized carbons (Fsp3) is 0.562. The number of amides is 1. The van der Waals surface area contributed by atoms with Gasteiger partial charge in [0.25, 0.3) is 0 Å². The van der Waals surface area contributed by atoms with Crippen molar-refractivity contribution >= 4 is 22.4 Å². The monoisotopic (exact) mass is 349 g/mol. The lowest BCUT2D eigenvalue weighted by molar-refractivity contribution is -0.124. The molecule has 0 radical (unpaired) electrons. The molecule has 1 amide bonds. The summed E-state index contributed by atoms with van der Waals surface area (Å²) >= 11 is 1.51. The fourth-order valence-electron chi connectivity index (χ4n) is 2.72. The molecule has 7 nitrogen and oxygen atoms in total. The Morgan fingerprint density at radius 1 is 1.54 bits per heavy atom. The largest absolute Gasteiger partial charge is 0.374 e. The van der Waals surface area contributed by atoms with Gasteiger partial charge in [-0.2, -0.15) is 5.10 Å². The van der Waals surface area contributed by atoms with Crippen LogP contribution in [0, 0.1) is 13.8 Å². The lowest BCUT2D eigenvalue weighted by Crippen LogP contribution is -2.51. The summed E-state index contributed by atoms with van der Waals surface area (Å²) in [6.45, 7) is 8.67. The summed E-state index contributed by atoms with van der Waals surface area (Å²) in [6.07, 6.45) is 3.72. The number of rotatable bonds is 5. The Bertz CT molecular complexity index is 665. The van der Waals surface area contributed by atoms with Gasteiger partial charge in [-0.05, 0) is 26.8 Å². The number of nitrogens with one attached hydrogen (secondary N) is 1. The van der Waals surface area contributed by atoms with Crippen molar-refractivity contribution in [3.05, 3.63) is 29.0 Å². The molecular weight excluding hydrogens is 326 g/mol. The SMILES string of the molecule is Cc1nc(NC(=O)[C@@H](C)N2CCO[C@H](Cn3cccn3)C2)sc1C. The lowest BCUT2D eigenvalue weighted by Gasteiger charge is -2.35. The summed E-state index contributed by atoms with van der Waals surface area (Å²) in [4.78, 5) is 20.2. The van der Waals surface area contributed by atoms with Crippen LogP contribution in [0.4, 0.5) is 5.13 Å². The summed E-state index contributed by atoms with van der Waals surface area (Å²) in [6, 6.07) is 1.67. The predicted molar refractivity (Wildman–Crippen MR) is 93.2 cm³/mol. The van der Waals surface area contributed by atoms with Crippen LogP contribution >= 0.6 is 11.3 Å². The van der Waals surface area contributed by atoms with E-state index in [-0.39, 0.29) is 18.1 Å². The number of aryl methyl sites for hydroxylation is 2. The van der Waals surface area contributed by atoms with Crippen LogP contribution in [0.2, 0.25) is 0 Å². The molecule has 3 rings (SSSR count). The molecule has 2 aromatic heterocycles. The molecule has 0 unspecified atom stereocenters. The number of carbonyl (C=O) groups excluding carboxylic acids is 1. The normalized spacial score (nSPS) is 20.0. The molecule has 1 N–H and O–H groups in total. The first-order valence-electron chi connectivity index (χ1n) is 8.11. The molecule has 1 saturated heterocycles. The average Bonchev–Trinajstić information content (AvgIpc) is 3.17. The summed E-state index contributed by atoms with van der Waals surface area (Å²) in [5.41, 5.74) is 0.966. The summed E-state index contributed by atoms with van der Waals surface area (Å²) in [7, 11) is 0. The van der Waals surface area contributed by atoms with Gasteiger partial charge in [0, 0.05) is 30.4 Å². The maximum absolute atomic E-state index is 12.5. The maximum Gasteiger partial charge on any atom is 0.243 e. The first-order valence-corrected chi connectivity index (χ1v) is 8.92. The molecule has 3 heterocycles. The van der Waals surface area contributed by atoms with Gasteiger partial charge in [0.1, 0.15) is 0 Å². The van der Waals surface area contributed by atoms with E-state index in [2.05, 4.69) is 20.3 Å². The van der Waals surface area contributed by atoms with Crippen LogP contribution in [0.25, 0.3) is 0 Å². The highest BCUT2D eigenvalue weighted by Crippen LogP contribution is 2.21. The second-order valence-corrected chi connectivity index (χ2v) is 7.24. The van der Waals surface area contributed by atoms with Crippen molar-refractivity contribution < 1.29 is 9.53 Å². The van der Waals surface area contributed by atoms with Gasteiger partial charge in [-0.25, -0.2) is 4.98 Å². The molecule has 2 atom stereocenters. The summed E-state index contributed by atoms with van der Waals surface area (Å²) in [5.74, 6) is -0.0245. The van der Waals surface area contributed by atoms with Crippen molar-refractivity contribution in [1.82, 2.24) is 19.7 Å². The minimum atomic E-state index is -0.224. The van der Waals surface area contributed by atoms with Crippen LogP contribution in [-0.4, -0.2) is 57.4 Å². The van der Waals surface area contributed by atoms with Crippen LogP contribution in [0.3, 0.4) is 0 Å². The van der Waals surface area contributed by atoms with E-state index in [0.29, 0.717) is 24.8 Å². The van der Waals surface area contributed by atoms with Gasteiger partial charge in [0.05, 0.1) is 31.0 Å². The Kier molecular flexibility index (Phi) is 5.27. The number of hydrogen-bond donors (Lipinski definition) is 1. The quantitative estimate of drug-likeness (QED) is 0.889. The van der Waals surface area contributed by atoms with Crippen LogP contribution in [-0.2, 0) is 16.1 Å². The van der Waals surface area contributed by atoms with E-state index in [9.17, 15) is 4.79 Å². The Morgan fingerprint density at radius 3 is 3.04 bits per heavy atom. The fourth-order valence-corrected chi connectivity index (χ4v) is 3.54. The highest BCUT2D eigenvalue weighted by Gasteiger charge is 2.28. The molecule has 8 heteroatoms. The van der Waals surface area contributed by atoms with Crippen LogP contribution in [0.15, 0.2) is 18.5 Å². The number of aromatic nitrogens is 3. The number of anilines is 1. The Morgan fingerprint density at radius 2 is 2.38 bits per heavy atom. The van der Waals surface area contributed by atoms with E-state index >= 15 is 0 Å². The van der Waals surface area contributed by atoms with Gasteiger partial charge < -0.3 is 10.1 Å². The van der Waals surface area contributed by atoms with Gasteiger partial charge in [-0.1, -0.05) is 0 Å². The molecule has 130 valence electrons. The molecule has 1 aliphatic heterocycles. The molecule has 0 aromatic carbocycles. The van der Waals surface area contributed by atoms with E-state index in [0.717, 1.165) is 17.1 Å². The number of morpholine rings is 1. The zero-order chi connectivity index (χ0) is 17.1. The number of nitrogens with zero attached hydrogens (tertiary/aromatic N) is 4. The number of hydrogen-bond acceptors (Lipinski definition) is 6. The summed E-state index contributed by atoms with van der Waals surface area (Å²) < 4.78 is 7.67. The topological polar surface area (TPSA) is 72.3 Å². The van der Waals surface area contributed by atoms with Crippen molar-refractivity contribution in [2.45, 2.75) is 39.5 Å². The van der Waals surface area contributed by atoms with Crippen LogP contribution in [0.5, 0.6) is 0 Å². The van der Waals surface area contributed by atoms with Crippen LogP contribution in [0.1, 0.15) is 17.5 Å². The highest BCUT2D eigenvalue weighted by atomic mass is 32.1. The predicted octanol–water partition coefficient (Wildman–Crippen LogP) is 1.68. The first kappa shape index (κ1) is 17.1. The average molecular weight is 349 g/mol. The molecule has 1 fully saturated rings. The molecule has 2 aromatic rings.